The molecular formula is C20H21N3O2. The lowest BCUT2D eigenvalue weighted by atomic mass is 10.2. The number of rotatable bonds is 5. The molecule has 1 heterocycles. The first kappa shape index (κ1) is 16.8. The van der Waals surface area contributed by atoms with E-state index in [1.165, 1.54) is 0 Å². The lowest BCUT2D eigenvalue weighted by Crippen LogP contribution is -2.19. The van der Waals surface area contributed by atoms with Crippen LogP contribution in [0.1, 0.15) is 18.2 Å². The van der Waals surface area contributed by atoms with Crippen LogP contribution in [-0.2, 0) is 7.05 Å². The first-order valence-electron chi connectivity index (χ1n) is 8.22. The number of aliphatic imine (C=N–C) groups is 1. The van der Waals surface area contributed by atoms with E-state index < -0.39 is 0 Å². The van der Waals surface area contributed by atoms with Crippen LogP contribution in [0.5, 0.6) is 5.75 Å². The Morgan fingerprint density at radius 2 is 1.88 bits per heavy atom. The van der Waals surface area contributed by atoms with Crippen molar-refractivity contribution in [3.8, 4) is 11.4 Å². The second kappa shape index (κ2) is 7.21. The molecule has 0 saturated heterocycles. The molecule has 25 heavy (non-hydrogen) atoms. The largest absolute Gasteiger partial charge is 0.494 e. The van der Waals surface area contributed by atoms with Crippen molar-refractivity contribution in [1.29, 1.82) is 0 Å². The predicted molar refractivity (Wildman–Crippen MR) is 101 cm³/mol. The van der Waals surface area contributed by atoms with Gasteiger partial charge in [0.15, 0.2) is 5.69 Å². The van der Waals surface area contributed by atoms with Gasteiger partial charge >= 0.3 is 0 Å². The van der Waals surface area contributed by atoms with Crippen molar-refractivity contribution < 1.29 is 4.74 Å². The highest BCUT2D eigenvalue weighted by Crippen LogP contribution is 2.17. The molecule has 0 unspecified atom stereocenters. The number of para-hydroxylation sites is 1. The Labute approximate surface area is 146 Å². The maximum atomic E-state index is 12.8. The fraction of sp³-hybridized carbons (Fsp3) is 0.200. The minimum absolute atomic E-state index is 0.136. The van der Waals surface area contributed by atoms with Crippen LogP contribution in [0.3, 0.4) is 0 Å². The van der Waals surface area contributed by atoms with Crippen LogP contribution in [0.4, 0.5) is 5.69 Å². The van der Waals surface area contributed by atoms with Gasteiger partial charge in [-0.25, -0.2) is 9.67 Å². The molecule has 0 spiro atoms. The van der Waals surface area contributed by atoms with E-state index >= 15 is 0 Å². The quantitative estimate of drug-likeness (QED) is 0.669. The summed E-state index contributed by atoms with van der Waals surface area (Å²) in [4.78, 5) is 17.3. The summed E-state index contributed by atoms with van der Waals surface area (Å²) in [6.45, 7) is 4.45. The molecule has 0 radical (unpaired) electrons. The van der Waals surface area contributed by atoms with Gasteiger partial charge in [0.2, 0.25) is 0 Å². The SMILES string of the molecule is CCOc1cccc(C=Nc2c(C)n(C)n(-c3ccccc3)c2=O)c1. The molecule has 5 heteroatoms. The zero-order chi connectivity index (χ0) is 17.8. The molecule has 0 fully saturated rings. The van der Waals surface area contributed by atoms with Gasteiger partial charge in [-0.05, 0) is 43.7 Å². The van der Waals surface area contributed by atoms with Gasteiger partial charge in [0.1, 0.15) is 5.75 Å². The number of nitrogens with zero attached hydrogens (tertiary/aromatic N) is 3. The van der Waals surface area contributed by atoms with Crippen LogP contribution in [0.15, 0.2) is 64.4 Å². The molecule has 0 atom stereocenters. The van der Waals surface area contributed by atoms with Gasteiger partial charge in [0, 0.05) is 13.3 Å². The van der Waals surface area contributed by atoms with E-state index in [0.717, 1.165) is 22.7 Å². The first-order valence-corrected chi connectivity index (χ1v) is 8.22. The maximum Gasteiger partial charge on any atom is 0.297 e. The van der Waals surface area contributed by atoms with Gasteiger partial charge in [-0.2, -0.15) is 0 Å². The fourth-order valence-electron chi connectivity index (χ4n) is 2.69. The minimum Gasteiger partial charge on any atom is -0.494 e. The molecule has 0 aliphatic carbocycles. The molecule has 128 valence electrons. The average Bonchev–Trinajstić information content (AvgIpc) is 2.84. The summed E-state index contributed by atoms with van der Waals surface area (Å²) in [6, 6.07) is 17.2. The van der Waals surface area contributed by atoms with Crippen molar-refractivity contribution in [2.75, 3.05) is 6.61 Å². The number of ether oxygens (including phenoxy) is 1. The molecule has 0 saturated carbocycles. The number of hydrogen-bond donors (Lipinski definition) is 0. The molecule has 2 aromatic carbocycles. The fourth-order valence-corrected chi connectivity index (χ4v) is 2.69. The summed E-state index contributed by atoms with van der Waals surface area (Å²) in [7, 11) is 1.86. The molecule has 0 aliphatic rings. The highest BCUT2D eigenvalue weighted by atomic mass is 16.5. The predicted octanol–water partition coefficient (Wildman–Crippen LogP) is 3.63. The third-order valence-electron chi connectivity index (χ3n) is 4.04. The number of aromatic nitrogens is 2. The maximum absolute atomic E-state index is 12.8. The third-order valence-corrected chi connectivity index (χ3v) is 4.04. The van der Waals surface area contributed by atoms with Crippen LogP contribution < -0.4 is 10.3 Å². The standard InChI is InChI=1S/C20H21N3O2/c1-4-25-18-12-8-9-16(13-18)14-21-19-15(2)22(3)23(20(19)24)17-10-6-5-7-11-17/h5-14H,4H2,1-3H3. The second-order valence-electron chi connectivity index (χ2n) is 5.67. The van der Waals surface area contributed by atoms with Crippen molar-refractivity contribution in [3.63, 3.8) is 0 Å². The van der Waals surface area contributed by atoms with Crippen LogP contribution in [0, 0.1) is 6.92 Å². The summed E-state index contributed by atoms with van der Waals surface area (Å²) in [5.74, 6) is 0.790. The van der Waals surface area contributed by atoms with E-state index in [0.29, 0.717) is 12.3 Å². The molecule has 0 N–H and O–H groups in total. The summed E-state index contributed by atoms with van der Waals surface area (Å²) in [5.41, 5.74) is 2.82. The Morgan fingerprint density at radius 1 is 1.12 bits per heavy atom. The molecule has 0 aliphatic heterocycles. The third kappa shape index (κ3) is 3.40. The van der Waals surface area contributed by atoms with Gasteiger partial charge in [-0.1, -0.05) is 30.3 Å². The number of benzene rings is 2. The van der Waals surface area contributed by atoms with Crippen LogP contribution >= 0.6 is 0 Å². The monoisotopic (exact) mass is 335 g/mol. The highest BCUT2D eigenvalue weighted by Gasteiger charge is 2.14. The summed E-state index contributed by atoms with van der Waals surface area (Å²) in [6.07, 6.45) is 1.70. The molecular weight excluding hydrogens is 314 g/mol. The Balaban J connectivity index is 1.99. The Morgan fingerprint density at radius 3 is 2.60 bits per heavy atom. The van der Waals surface area contributed by atoms with E-state index in [2.05, 4.69) is 4.99 Å². The normalized spacial score (nSPS) is 11.2. The van der Waals surface area contributed by atoms with Gasteiger partial charge < -0.3 is 4.74 Å². The van der Waals surface area contributed by atoms with Crippen molar-refractivity contribution in [2.24, 2.45) is 12.0 Å². The van der Waals surface area contributed by atoms with Crippen LogP contribution in [-0.4, -0.2) is 22.2 Å². The molecule has 3 aromatic rings. The van der Waals surface area contributed by atoms with E-state index in [9.17, 15) is 4.79 Å². The van der Waals surface area contributed by atoms with Crippen molar-refractivity contribution >= 4 is 11.9 Å². The number of hydrogen-bond acceptors (Lipinski definition) is 3. The first-order chi connectivity index (χ1) is 12.1. The van der Waals surface area contributed by atoms with Gasteiger partial charge in [-0.15, -0.1) is 0 Å². The summed E-state index contributed by atoms with van der Waals surface area (Å²) in [5, 5.41) is 0. The van der Waals surface area contributed by atoms with Crippen LogP contribution in [0.2, 0.25) is 0 Å². The Hall–Kier alpha value is -3.08. The van der Waals surface area contributed by atoms with Gasteiger partial charge in [-0.3, -0.25) is 9.48 Å². The average molecular weight is 335 g/mol. The van der Waals surface area contributed by atoms with Crippen molar-refractivity contribution in [2.45, 2.75) is 13.8 Å². The lowest BCUT2D eigenvalue weighted by Gasteiger charge is -2.07. The van der Waals surface area contributed by atoms with Gasteiger partial charge in [0.05, 0.1) is 18.0 Å². The zero-order valence-corrected chi connectivity index (χ0v) is 14.6. The molecule has 1 aromatic heterocycles. The van der Waals surface area contributed by atoms with Crippen LogP contribution in [0.25, 0.3) is 5.69 Å². The molecule has 0 amide bonds. The summed E-state index contributed by atoms with van der Waals surface area (Å²) >= 11 is 0. The molecule has 5 nitrogen and oxygen atoms in total. The smallest absolute Gasteiger partial charge is 0.297 e. The van der Waals surface area contributed by atoms with E-state index in [1.807, 2.05) is 80.2 Å². The highest BCUT2D eigenvalue weighted by molar-refractivity contribution is 5.82. The minimum atomic E-state index is -0.136. The topological polar surface area (TPSA) is 48.5 Å². The Kier molecular flexibility index (Phi) is 4.84. The molecule has 0 bridgehead atoms. The van der Waals surface area contributed by atoms with Crippen molar-refractivity contribution in [1.82, 2.24) is 9.36 Å². The lowest BCUT2D eigenvalue weighted by molar-refractivity contribution is 0.340. The Bertz CT molecular complexity index is 953. The van der Waals surface area contributed by atoms with E-state index in [1.54, 1.807) is 10.9 Å². The van der Waals surface area contributed by atoms with E-state index in [-0.39, 0.29) is 5.56 Å². The summed E-state index contributed by atoms with van der Waals surface area (Å²) < 4.78 is 8.94. The zero-order valence-electron chi connectivity index (χ0n) is 14.6. The second-order valence-corrected chi connectivity index (χ2v) is 5.67. The van der Waals surface area contributed by atoms with E-state index in [4.69, 9.17) is 4.74 Å². The van der Waals surface area contributed by atoms with Crippen molar-refractivity contribution in [3.05, 3.63) is 76.2 Å². The van der Waals surface area contributed by atoms with Gasteiger partial charge in [0.25, 0.3) is 5.56 Å². The molecule has 3 rings (SSSR count).